The number of hydrogen-bond acceptors (Lipinski definition) is 4. The largest absolute Gasteiger partial charge is 0.355 e. The van der Waals surface area contributed by atoms with Gasteiger partial charge in [0.05, 0.1) is 4.90 Å². The zero-order valence-corrected chi connectivity index (χ0v) is 22.2. The number of nitrogens with zero attached hydrogens (tertiary/aromatic N) is 1. The quantitative estimate of drug-likeness (QED) is 0.442. The van der Waals surface area contributed by atoms with E-state index in [1.165, 1.54) is 28.6 Å². The van der Waals surface area contributed by atoms with E-state index < -0.39 is 16.1 Å². The van der Waals surface area contributed by atoms with Gasteiger partial charge < -0.3 is 10.6 Å². The van der Waals surface area contributed by atoms with Crippen LogP contribution in [0.2, 0.25) is 5.02 Å². The molecule has 3 aromatic carbocycles. The molecule has 0 spiro atoms. The molecule has 1 aliphatic rings. The molecule has 7 nitrogen and oxygen atoms in total. The SMILES string of the molecule is Cc1cccc(CNC(=O)c2ccc(CN([C@@H]3CCCCNC3=O)S(=O)(=O)c3ccc(Cl)cc3)cc2)c1. The summed E-state index contributed by atoms with van der Waals surface area (Å²) in [6.45, 7) is 2.93. The molecule has 194 valence electrons. The Hall–Kier alpha value is -3.20. The zero-order valence-electron chi connectivity index (χ0n) is 20.6. The summed E-state index contributed by atoms with van der Waals surface area (Å²) in [7, 11) is -4.00. The predicted octanol–water partition coefficient (Wildman–Crippen LogP) is 4.44. The lowest BCUT2D eigenvalue weighted by atomic mass is 10.1. The van der Waals surface area contributed by atoms with Gasteiger partial charge in [-0.1, -0.05) is 53.6 Å². The molecular weight excluding hydrogens is 510 g/mol. The Bertz CT molecular complexity index is 1360. The fourth-order valence-corrected chi connectivity index (χ4v) is 6.08. The third kappa shape index (κ3) is 6.77. The van der Waals surface area contributed by atoms with Crippen molar-refractivity contribution in [2.75, 3.05) is 6.54 Å². The molecule has 37 heavy (non-hydrogen) atoms. The Morgan fingerprint density at radius 3 is 2.46 bits per heavy atom. The average Bonchev–Trinajstić information content (AvgIpc) is 3.10. The van der Waals surface area contributed by atoms with Crippen molar-refractivity contribution in [3.8, 4) is 0 Å². The van der Waals surface area contributed by atoms with Crippen molar-refractivity contribution in [1.29, 1.82) is 0 Å². The molecule has 0 radical (unpaired) electrons. The molecule has 4 rings (SSSR count). The standard InChI is InChI=1S/C28H30ClN3O4S/c1-20-5-4-6-22(17-20)18-31-27(33)23-10-8-21(9-11-23)19-32(26-7-2-3-16-30-28(26)34)37(35,36)25-14-12-24(29)13-15-25/h4-6,8-15,17,26H,2-3,7,16,18-19H2,1H3,(H,30,34)(H,31,33)/t26-/m1/s1. The molecule has 2 N–H and O–H groups in total. The van der Waals surface area contributed by atoms with E-state index >= 15 is 0 Å². The van der Waals surface area contributed by atoms with Crippen molar-refractivity contribution in [3.05, 3.63) is 100 Å². The summed E-state index contributed by atoms with van der Waals surface area (Å²) < 4.78 is 28.6. The molecule has 9 heteroatoms. The van der Waals surface area contributed by atoms with Gasteiger partial charge in [-0.25, -0.2) is 8.42 Å². The number of hydrogen-bond donors (Lipinski definition) is 2. The van der Waals surface area contributed by atoms with Crippen LogP contribution in [0, 0.1) is 6.92 Å². The average molecular weight is 540 g/mol. The molecule has 1 heterocycles. The van der Waals surface area contributed by atoms with Gasteiger partial charge in [-0.05, 0) is 73.7 Å². The first-order valence-electron chi connectivity index (χ1n) is 12.2. The van der Waals surface area contributed by atoms with Gasteiger partial charge in [-0.3, -0.25) is 9.59 Å². The van der Waals surface area contributed by atoms with Crippen LogP contribution in [0.15, 0.2) is 77.7 Å². The summed E-state index contributed by atoms with van der Waals surface area (Å²) in [6.07, 6.45) is 1.96. The number of halogens is 1. The van der Waals surface area contributed by atoms with Crippen LogP contribution in [0.3, 0.4) is 0 Å². The van der Waals surface area contributed by atoms with Gasteiger partial charge in [0, 0.05) is 30.2 Å². The van der Waals surface area contributed by atoms with Crippen LogP contribution in [0.1, 0.15) is 46.3 Å². The number of carbonyl (C=O) groups is 2. The van der Waals surface area contributed by atoms with Gasteiger partial charge in [0.15, 0.2) is 0 Å². The van der Waals surface area contributed by atoms with Crippen LogP contribution >= 0.6 is 11.6 Å². The van der Waals surface area contributed by atoms with Gasteiger partial charge in [0.2, 0.25) is 15.9 Å². The minimum Gasteiger partial charge on any atom is -0.355 e. The lowest BCUT2D eigenvalue weighted by Gasteiger charge is -2.29. The second kappa shape index (κ2) is 11.9. The highest BCUT2D eigenvalue weighted by Gasteiger charge is 2.36. The smallest absolute Gasteiger partial charge is 0.251 e. The molecule has 1 atom stereocenters. The van der Waals surface area contributed by atoms with Crippen molar-refractivity contribution in [2.45, 2.75) is 50.2 Å². The van der Waals surface area contributed by atoms with Crippen LogP contribution in [0.4, 0.5) is 0 Å². The van der Waals surface area contributed by atoms with Gasteiger partial charge >= 0.3 is 0 Å². The van der Waals surface area contributed by atoms with Crippen LogP contribution in [-0.2, 0) is 27.9 Å². The van der Waals surface area contributed by atoms with E-state index in [1.54, 1.807) is 24.3 Å². The van der Waals surface area contributed by atoms with Crippen molar-refractivity contribution in [1.82, 2.24) is 14.9 Å². The van der Waals surface area contributed by atoms with E-state index in [0.717, 1.165) is 24.0 Å². The summed E-state index contributed by atoms with van der Waals surface area (Å²) >= 11 is 5.96. The Morgan fingerprint density at radius 2 is 1.76 bits per heavy atom. The van der Waals surface area contributed by atoms with Crippen molar-refractivity contribution in [3.63, 3.8) is 0 Å². The highest BCUT2D eigenvalue weighted by atomic mass is 35.5. The maximum atomic E-state index is 13.7. The second-order valence-electron chi connectivity index (χ2n) is 9.18. The number of benzene rings is 3. The molecule has 3 aromatic rings. The second-order valence-corrected chi connectivity index (χ2v) is 11.5. The summed E-state index contributed by atoms with van der Waals surface area (Å²) in [4.78, 5) is 25.6. The molecule has 1 saturated heterocycles. The fraction of sp³-hybridized carbons (Fsp3) is 0.286. The van der Waals surface area contributed by atoms with Crippen LogP contribution in [0.5, 0.6) is 0 Å². The van der Waals surface area contributed by atoms with Crippen LogP contribution in [-0.4, -0.2) is 37.1 Å². The van der Waals surface area contributed by atoms with Gasteiger partial charge in [0.1, 0.15) is 6.04 Å². The number of amides is 2. The minimum atomic E-state index is -4.00. The number of nitrogens with one attached hydrogen (secondary N) is 2. The Labute approximate surface area is 222 Å². The van der Waals surface area contributed by atoms with E-state index in [2.05, 4.69) is 10.6 Å². The lowest BCUT2D eigenvalue weighted by molar-refractivity contribution is -0.124. The molecule has 0 aromatic heterocycles. The van der Waals surface area contributed by atoms with E-state index in [9.17, 15) is 18.0 Å². The van der Waals surface area contributed by atoms with E-state index in [1.807, 2.05) is 31.2 Å². The van der Waals surface area contributed by atoms with Crippen LogP contribution in [0.25, 0.3) is 0 Å². The van der Waals surface area contributed by atoms with Gasteiger partial charge in [-0.15, -0.1) is 0 Å². The zero-order chi connectivity index (χ0) is 26.4. The molecule has 1 fully saturated rings. The Kier molecular flexibility index (Phi) is 8.63. The molecule has 0 unspecified atom stereocenters. The molecular formula is C28H30ClN3O4S. The third-order valence-electron chi connectivity index (χ3n) is 6.36. The van der Waals surface area contributed by atoms with E-state index in [0.29, 0.717) is 35.7 Å². The van der Waals surface area contributed by atoms with Crippen LogP contribution < -0.4 is 10.6 Å². The fourth-order valence-electron chi connectivity index (χ4n) is 4.35. The maximum Gasteiger partial charge on any atom is 0.251 e. The first-order chi connectivity index (χ1) is 17.7. The predicted molar refractivity (Wildman–Crippen MR) is 144 cm³/mol. The topological polar surface area (TPSA) is 95.6 Å². The first kappa shape index (κ1) is 26.9. The maximum absolute atomic E-state index is 13.7. The normalized spacial score (nSPS) is 16.2. The highest BCUT2D eigenvalue weighted by Crippen LogP contribution is 2.26. The minimum absolute atomic E-state index is 0.00572. The van der Waals surface area contributed by atoms with Gasteiger partial charge in [-0.2, -0.15) is 4.31 Å². The van der Waals surface area contributed by atoms with E-state index in [4.69, 9.17) is 11.6 Å². The lowest BCUT2D eigenvalue weighted by Crippen LogP contribution is -2.48. The number of sulfonamides is 1. The number of carbonyl (C=O) groups excluding carboxylic acids is 2. The molecule has 0 aliphatic carbocycles. The summed E-state index contributed by atoms with van der Waals surface area (Å²) in [5.41, 5.74) is 3.27. The van der Waals surface area contributed by atoms with Crippen molar-refractivity contribution >= 4 is 33.4 Å². The summed E-state index contributed by atoms with van der Waals surface area (Å²) in [6, 6.07) is 19.8. The molecule has 2 amide bonds. The van der Waals surface area contributed by atoms with Crippen molar-refractivity contribution < 1.29 is 18.0 Å². The molecule has 0 saturated carbocycles. The van der Waals surface area contributed by atoms with E-state index in [-0.39, 0.29) is 23.3 Å². The number of aryl methyl sites for hydroxylation is 1. The van der Waals surface area contributed by atoms with Gasteiger partial charge in [0.25, 0.3) is 5.91 Å². The first-order valence-corrected chi connectivity index (χ1v) is 14.0. The third-order valence-corrected chi connectivity index (χ3v) is 8.49. The monoisotopic (exact) mass is 539 g/mol. The Balaban J connectivity index is 1.54. The highest BCUT2D eigenvalue weighted by molar-refractivity contribution is 7.89. The summed E-state index contributed by atoms with van der Waals surface area (Å²) in [5, 5.41) is 6.16. The summed E-state index contributed by atoms with van der Waals surface area (Å²) in [5.74, 6) is -0.524. The Morgan fingerprint density at radius 1 is 1.03 bits per heavy atom. The van der Waals surface area contributed by atoms with Crippen molar-refractivity contribution in [2.24, 2.45) is 0 Å². The molecule has 1 aliphatic heterocycles. The molecule has 0 bridgehead atoms. The number of rotatable bonds is 8.